The van der Waals surface area contributed by atoms with E-state index in [2.05, 4.69) is 5.32 Å². The molecule has 0 radical (unpaired) electrons. The fourth-order valence-electron chi connectivity index (χ4n) is 2.29. The predicted molar refractivity (Wildman–Crippen MR) is 75.6 cm³/mol. The molecule has 1 N–H and O–H groups in total. The van der Waals surface area contributed by atoms with Crippen molar-refractivity contribution in [2.75, 3.05) is 39.9 Å². The third-order valence-electron chi connectivity index (χ3n) is 3.25. The van der Waals surface area contributed by atoms with E-state index in [4.69, 9.17) is 16.3 Å². The Bertz CT molecular complexity index is 422. The number of hydrogen-bond acceptors (Lipinski definition) is 3. The Labute approximate surface area is 118 Å². The molecular formula is C14H19ClN2O2. The third-order valence-corrected chi connectivity index (χ3v) is 3.50. The van der Waals surface area contributed by atoms with E-state index < -0.39 is 0 Å². The maximum atomic E-state index is 12.4. The van der Waals surface area contributed by atoms with Gasteiger partial charge < -0.3 is 15.0 Å². The van der Waals surface area contributed by atoms with E-state index in [1.54, 1.807) is 31.4 Å². The van der Waals surface area contributed by atoms with Gasteiger partial charge in [-0.15, -0.1) is 0 Å². The summed E-state index contributed by atoms with van der Waals surface area (Å²) < 4.78 is 5.19. The molecule has 1 aromatic rings. The van der Waals surface area contributed by atoms with Crippen LogP contribution in [0.15, 0.2) is 24.3 Å². The first-order chi connectivity index (χ1) is 9.20. The van der Waals surface area contributed by atoms with Crippen molar-refractivity contribution in [2.45, 2.75) is 0 Å². The van der Waals surface area contributed by atoms with Gasteiger partial charge in [0, 0.05) is 49.8 Å². The number of methoxy groups -OCH3 is 1. The summed E-state index contributed by atoms with van der Waals surface area (Å²) in [5.74, 6) is 0.394. The van der Waals surface area contributed by atoms with Gasteiger partial charge >= 0.3 is 0 Å². The van der Waals surface area contributed by atoms with Crippen LogP contribution in [0.1, 0.15) is 10.4 Å². The SMILES string of the molecule is COCC1CNCCN(C(=O)c2ccc(Cl)cc2)C1. The van der Waals surface area contributed by atoms with E-state index >= 15 is 0 Å². The lowest BCUT2D eigenvalue weighted by atomic mass is 10.1. The molecule has 19 heavy (non-hydrogen) atoms. The van der Waals surface area contributed by atoms with Crippen molar-refractivity contribution < 1.29 is 9.53 Å². The second kappa shape index (κ2) is 6.89. The van der Waals surface area contributed by atoms with Gasteiger partial charge in [0.25, 0.3) is 5.91 Å². The average Bonchev–Trinajstić information content (AvgIpc) is 2.65. The molecule has 0 bridgehead atoms. The Morgan fingerprint density at radius 2 is 2.21 bits per heavy atom. The molecule has 2 rings (SSSR count). The number of nitrogens with one attached hydrogen (secondary N) is 1. The molecule has 104 valence electrons. The van der Waals surface area contributed by atoms with Crippen LogP contribution in [0.3, 0.4) is 0 Å². The molecule has 1 unspecified atom stereocenters. The van der Waals surface area contributed by atoms with Gasteiger partial charge in [0.05, 0.1) is 6.61 Å². The summed E-state index contributed by atoms with van der Waals surface area (Å²) in [4.78, 5) is 14.3. The van der Waals surface area contributed by atoms with Crippen LogP contribution in [0.4, 0.5) is 0 Å². The quantitative estimate of drug-likeness (QED) is 0.917. The van der Waals surface area contributed by atoms with E-state index in [9.17, 15) is 4.79 Å². The highest BCUT2D eigenvalue weighted by Crippen LogP contribution is 2.13. The van der Waals surface area contributed by atoms with E-state index in [0.29, 0.717) is 23.1 Å². The van der Waals surface area contributed by atoms with Crippen LogP contribution >= 0.6 is 11.6 Å². The molecule has 0 spiro atoms. The van der Waals surface area contributed by atoms with E-state index in [0.717, 1.165) is 26.2 Å². The molecule has 1 aliphatic heterocycles. The van der Waals surface area contributed by atoms with E-state index in [-0.39, 0.29) is 5.91 Å². The lowest BCUT2D eigenvalue weighted by Gasteiger charge is -2.23. The Kier molecular flexibility index (Phi) is 5.19. The Hall–Kier alpha value is -1.10. The summed E-state index contributed by atoms with van der Waals surface area (Å²) >= 11 is 5.84. The zero-order valence-corrected chi connectivity index (χ0v) is 11.8. The smallest absolute Gasteiger partial charge is 0.253 e. The number of carbonyl (C=O) groups is 1. The highest BCUT2D eigenvalue weighted by atomic mass is 35.5. The Morgan fingerprint density at radius 1 is 1.47 bits per heavy atom. The average molecular weight is 283 g/mol. The van der Waals surface area contributed by atoms with Crippen molar-refractivity contribution in [3.63, 3.8) is 0 Å². The molecule has 0 aromatic heterocycles. The molecule has 0 saturated carbocycles. The number of amides is 1. The van der Waals surface area contributed by atoms with Crippen molar-refractivity contribution in [1.82, 2.24) is 10.2 Å². The number of benzene rings is 1. The van der Waals surface area contributed by atoms with Crippen LogP contribution in [0.2, 0.25) is 5.02 Å². The monoisotopic (exact) mass is 282 g/mol. The summed E-state index contributed by atoms with van der Waals surface area (Å²) in [6.45, 7) is 3.82. The van der Waals surface area contributed by atoms with Crippen LogP contribution < -0.4 is 5.32 Å². The largest absolute Gasteiger partial charge is 0.384 e. The van der Waals surface area contributed by atoms with Crippen molar-refractivity contribution in [3.05, 3.63) is 34.9 Å². The van der Waals surface area contributed by atoms with Crippen LogP contribution in [0.5, 0.6) is 0 Å². The number of rotatable bonds is 3. The van der Waals surface area contributed by atoms with Gasteiger partial charge in [0.15, 0.2) is 0 Å². The highest BCUT2D eigenvalue weighted by Gasteiger charge is 2.22. The molecule has 1 aromatic carbocycles. The summed E-state index contributed by atoms with van der Waals surface area (Å²) in [5, 5.41) is 3.98. The number of carbonyl (C=O) groups excluding carboxylic acids is 1. The number of halogens is 1. The number of ether oxygens (including phenoxy) is 1. The standard InChI is InChI=1S/C14H19ClN2O2/c1-19-10-11-8-16-6-7-17(9-11)14(18)12-2-4-13(15)5-3-12/h2-5,11,16H,6-10H2,1H3. The first-order valence-corrected chi connectivity index (χ1v) is 6.83. The van der Waals surface area contributed by atoms with Gasteiger partial charge in [-0.1, -0.05) is 11.6 Å². The highest BCUT2D eigenvalue weighted by molar-refractivity contribution is 6.30. The van der Waals surface area contributed by atoms with E-state index in [1.807, 2.05) is 4.90 Å². The predicted octanol–water partition coefficient (Wildman–Crippen LogP) is 1.65. The van der Waals surface area contributed by atoms with Gasteiger partial charge in [-0.3, -0.25) is 4.79 Å². The summed E-state index contributed by atoms with van der Waals surface area (Å²) in [5.41, 5.74) is 0.683. The van der Waals surface area contributed by atoms with Gasteiger partial charge in [0.1, 0.15) is 0 Å². The van der Waals surface area contributed by atoms with Crippen LogP contribution in [0, 0.1) is 5.92 Å². The minimum absolute atomic E-state index is 0.0569. The molecule has 1 aliphatic rings. The lowest BCUT2D eigenvalue weighted by Crippen LogP contribution is -2.36. The molecule has 1 fully saturated rings. The van der Waals surface area contributed by atoms with Crippen molar-refractivity contribution >= 4 is 17.5 Å². The fourth-order valence-corrected chi connectivity index (χ4v) is 2.42. The molecule has 1 atom stereocenters. The molecule has 1 heterocycles. The van der Waals surface area contributed by atoms with Gasteiger partial charge in [-0.2, -0.15) is 0 Å². The molecular weight excluding hydrogens is 264 g/mol. The van der Waals surface area contributed by atoms with E-state index in [1.165, 1.54) is 0 Å². The Balaban J connectivity index is 2.06. The lowest BCUT2D eigenvalue weighted by molar-refractivity contribution is 0.0708. The minimum atomic E-state index is 0.0569. The topological polar surface area (TPSA) is 41.6 Å². The zero-order chi connectivity index (χ0) is 13.7. The fraction of sp³-hybridized carbons (Fsp3) is 0.500. The molecule has 1 amide bonds. The molecule has 1 saturated heterocycles. The van der Waals surface area contributed by atoms with Gasteiger partial charge in [0.2, 0.25) is 0 Å². The second-order valence-corrected chi connectivity index (χ2v) is 5.22. The second-order valence-electron chi connectivity index (χ2n) is 4.78. The van der Waals surface area contributed by atoms with Crippen LogP contribution in [-0.4, -0.2) is 50.7 Å². The van der Waals surface area contributed by atoms with Crippen molar-refractivity contribution in [1.29, 1.82) is 0 Å². The molecule has 4 nitrogen and oxygen atoms in total. The normalized spacial score (nSPS) is 20.1. The van der Waals surface area contributed by atoms with Crippen LogP contribution in [0.25, 0.3) is 0 Å². The first kappa shape index (κ1) is 14.3. The number of nitrogens with zero attached hydrogens (tertiary/aromatic N) is 1. The minimum Gasteiger partial charge on any atom is -0.384 e. The van der Waals surface area contributed by atoms with Crippen molar-refractivity contribution in [3.8, 4) is 0 Å². The van der Waals surface area contributed by atoms with Crippen molar-refractivity contribution in [2.24, 2.45) is 5.92 Å². The molecule has 0 aliphatic carbocycles. The first-order valence-electron chi connectivity index (χ1n) is 6.45. The Morgan fingerprint density at radius 3 is 2.89 bits per heavy atom. The maximum Gasteiger partial charge on any atom is 0.253 e. The van der Waals surface area contributed by atoms with Gasteiger partial charge in [-0.25, -0.2) is 0 Å². The van der Waals surface area contributed by atoms with Gasteiger partial charge in [-0.05, 0) is 24.3 Å². The number of hydrogen-bond donors (Lipinski definition) is 1. The molecule has 5 heteroatoms. The third kappa shape index (κ3) is 3.93. The van der Waals surface area contributed by atoms with Crippen LogP contribution in [-0.2, 0) is 4.74 Å². The summed E-state index contributed by atoms with van der Waals surface area (Å²) in [6, 6.07) is 7.04. The maximum absolute atomic E-state index is 12.4. The summed E-state index contributed by atoms with van der Waals surface area (Å²) in [6.07, 6.45) is 0. The summed E-state index contributed by atoms with van der Waals surface area (Å²) in [7, 11) is 1.69. The zero-order valence-electron chi connectivity index (χ0n) is 11.1.